The van der Waals surface area contributed by atoms with Crippen molar-refractivity contribution in [1.29, 1.82) is 0 Å². The minimum atomic E-state index is -0.536. The van der Waals surface area contributed by atoms with Gasteiger partial charge in [0.1, 0.15) is 5.92 Å². The van der Waals surface area contributed by atoms with Crippen LogP contribution in [0.3, 0.4) is 0 Å². The van der Waals surface area contributed by atoms with Gasteiger partial charge in [-0.05, 0) is 17.2 Å². The third-order valence-electron chi connectivity index (χ3n) is 3.77. The molecule has 0 saturated heterocycles. The molecule has 0 radical (unpaired) electrons. The second kappa shape index (κ2) is 5.40. The molecule has 0 saturated carbocycles. The molecule has 0 aromatic heterocycles. The Hall–Kier alpha value is -2.62. The topological polar surface area (TPSA) is 55.4 Å². The predicted octanol–water partition coefficient (Wildman–Crippen LogP) is 2.43. The van der Waals surface area contributed by atoms with Crippen molar-refractivity contribution in [3.05, 3.63) is 71.3 Å². The van der Waals surface area contributed by atoms with Gasteiger partial charge in [-0.15, -0.1) is 0 Å². The van der Waals surface area contributed by atoms with E-state index in [1.54, 1.807) is 12.1 Å². The van der Waals surface area contributed by atoms with Crippen molar-refractivity contribution < 1.29 is 14.3 Å². The Bertz CT molecular complexity index is 681. The number of esters is 1. The first kappa shape index (κ1) is 13.4. The second-order valence-corrected chi connectivity index (χ2v) is 4.95. The smallest absolute Gasteiger partial charge is 0.315 e. The van der Waals surface area contributed by atoms with Crippen LogP contribution in [-0.2, 0) is 9.53 Å². The molecular weight excluding hydrogens is 266 g/mol. The summed E-state index contributed by atoms with van der Waals surface area (Å²) in [6, 6.07) is 16.2. The van der Waals surface area contributed by atoms with Gasteiger partial charge in [-0.3, -0.25) is 9.59 Å². The maximum Gasteiger partial charge on any atom is 0.315 e. The van der Waals surface area contributed by atoms with E-state index in [-0.39, 0.29) is 11.9 Å². The molecule has 0 bridgehead atoms. The van der Waals surface area contributed by atoms with Crippen molar-refractivity contribution in [1.82, 2.24) is 5.32 Å². The number of nitrogens with one attached hydrogen (secondary N) is 1. The highest BCUT2D eigenvalue weighted by molar-refractivity contribution is 6.00. The van der Waals surface area contributed by atoms with Crippen LogP contribution in [0.15, 0.2) is 54.6 Å². The van der Waals surface area contributed by atoms with Gasteiger partial charge in [0.05, 0.1) is 13.2 Å². The Balaban J connectivity index is 2.13. The van der Waals surface area contributed by atoms with Crippen LogP contribution in [-0.4, -0.2) is 19.0 Å². The van der Waals surface area contributed by atoms with Crippen LogP contribution in [0.4, 0.5) is 0 Å². The van der Waals surface area contributed by atoms with Crippen LogP contribution in [0.2, 0.25) is 0 Å². The van der Waals surface area contributed by atoms with Crippen LogP contribution in [0.1, 0.15) is 33.4 Å². The number of methoxy groups -OCH3 is 1. The standard InChI is InChI=1S/C17H15NO3/c1-21-17(20)14-12-9-5-6-10-13(12)16(19)18-15(14)11-7-3-2-4-8-11/h2-10,14-15H,1H3,(H,18,19)/t14-,15+/m1/s1. The van der Waals surface area contributed by atoms with Gasteiger partial charge in [0.2, 0.25) is 0 Å². The van der Waals surface area contributed by atoms with Crippen molar-refractivity contribution in [2.24, 2.45) is 0 Å². The number of hydrogen-bond donors (Lipinski definition) is 1. The van der Waals surface area contributed by atoms with E-state index < -0.39 is 12.0 Å². The van der Waals surface area contributed by atoms with Gasteiger partial charge in [-0.1, -0.05) is 48.5 Å². The fourth-order valence-electron chi connectivity index (χ4n) is 2.78. The highest BCUT2D eigenvalue weighted by atomic mass is 16.5. The van der Waals surface area contributed by atoms with Gasteiger partial charge in [0.15, 0.2) is 0 Å². The third-order valence-corrected chi connectivity index (χ3v) is 3.77. The first-order valence-corrected chi connectivity index (χ1v) is 6.75. The lowest BCUT2D eigenvalue weighted by Crippen LogP contribution is -2.41. The average Bonchev–Trinajstić information content (AvgIpc) is 2.55. The van der Waals surface area contributed by atoms with Gasteiger partial charge in [0, 0.05) is 5.56 Å². The summed E-state index contributed by atoms with van der Waals surface area (Å²) in [5, 5.41) is 2.91. The van der Waals surface area contributed by atoms with Crippen molar-refractivity contribution >= 4 is 11.9 Å². The molecule has 0 unspecified atom stereocenters. The Labute approximate surface area is 122 Å². The van der Waals surface area contributed by atoms with E-state index in [9.17, 15) is 9.59 Å². The molecule has 0 fully saturated rings. The van der Waals surface area contributed by atoms with E-state index in [2.05, 4.69) is 5.32 Å². The quantitative estimate of drug-likeness (QED) is 0.860. The lowest BCUT2D eigenvalue weighted by molar-refractivity contribution is -0.143. The second-order valence-electron chi connectivity index (χ2n) is 4.95. The lowest BCUT2D eigenvalue weighted by atomic mass is 9.81. The van der Waals surface area contributed by atoms with E-state index in [0.29, 0.717) is 11.1 Å². The van der Waals surface area contributed by atoms with E-state index in [1.807, 2.05) is 42.5 Å². The summed E-state index contributed by atoms with van der Waals surface area (Å²) < 4.78 is 4.94. The van der Waals surface area contributed by atoms with Gasteiger partial charge in [0.25, 0.3) is 5.91 Å². The van der Waals surface area contributed by atoms with Gasteiger partial charge in [-0.2, -0.15) is 0 Å². The largest absolute Gasteiger partial charge is 0.468 e. The summed E-state index contributed by atoms with van der Waals surface area (Å²) in [6.45, 7) is 0. The molecule has 2 atom stereocenters. The number of carbonyl (C=O) groups excluding carboxylic acids is 2. The molecule has 1 N–H and O–H groups in total. The number of benzene rings is 2. The Kier molecular flexibility index (Phi) is 3.44. The molecular formula is C17H15NO3. The zero-order valence-electron chi connectivity index (χ0n) is 11.6. The third kappa shape index (κ3) is 2.29. The highest BCUT2D eigenvalue weighted by Crippen LogP contribution is 2.37. The van der Waals surface area contributed by atoms with Crippen LogP contribution in [0.25, 0.3) is 0 Å². The maximum absolute atomic E-state index is 12.3. The molecule has 0 aliphatic carbocycles. The summed E-state index contributed by atoms with van der Waals surface area (Å²) in [5.74, 6) is -1.05. The zero-order valence-corrected chi connectivity index (χ0v) is 11.6. The molecule has 3 rings (SSSR count). The maximum atomic E-state index is 12.3. The van der Waals surface area contributed by atoms with Crippen molar-refractivity contribution in [3.8, 4) is 0 Å². The number of carbonyl (C=O) groups is 2. The number of fused-ring (bicyclic) bond motifs is 1. The van der Waals surface area contributed by atoms with E-state index in [0.717, 1.165) is 5.56 Å². The van der Waals surface area contributed by atoms with Crippen LogP contribution >= 0.6 is 0 Å². The Morgan fingerprint density at radius 2 is 1.71 bits per heavy atom. The average molecular weight is 281 g/mol. The summed E-state index contributed by atoms with van der Waals surface area (Å²) >= 11 is 0. The highest BCUT2D eigenvalue weighted by Gasteiger charge is 2.39. The Morgan fingerprint density at radius 3 is 2.43 bits per heavy atom. The summed E-state index contributed by atoms with van der Waals surface area (Å²) in [5.41, 5.74) is 2.12. The van der Waals surface area contributed by atoms with Gasteiger partial charge < -0.3 is 10.1 Å². The normalized spacial score (nSPS) is 20.3. The molecule has 1 amide bonds. The van der Waals surface area contributed by atoms with Crippen molar-refractivity contribution in [3.63, 3.8) is 0 Å². The number of ether oxygens (including phenoxy) is 1. The zero-order chi connectivity index (χ0) is 14.8. The summed E-state index contributed by atoms with van der Waals surface area (Å²) in [6.07, 6.45) is 0. The SMILES string of the molecule is COC(=O)[C@@H]1c2ccccc2C(=O)N[C@H]1c1ccccc1. The van der Waals surface area contributed by atoms with Crippen molar-refractivity contribution in [2.75, 3.05) is 7.11 Å². The number of hydrogen-bond acceptors (Lipinski definition) is 3. The van der Waals surface area contributed by atoms with E-state index in [4.69, 9.17) is 4.74 Å². The van der Waals surface area contributed by atoms with Gasteiger partial charge in [-0.25, -0.2) is 0 Å². The fraction of sp³-hybridized carbons (Fsp3) is 0.176. The fourth-order valence-corrected chi connectivity index (χ4v) is 2.78. The molecule has 1 aliphatic heterocycles. The summed E-state index contributed by atoms with van der Waals surface area (Å²) in [4.78, 5) is 24.5. The molecule has 0 spiro atoms. The molecule has 1 aliphatic rings. The number of rotatable bonds is 2. The minimum absolute atomic E-state index is 0.167. The monoisotopic (exact) mass is 281 g/mol. The van der Waals surface area contributed by atoms with E-state index in [1.165, 1.54) is 7.11 Å². The molecule has 4 heteroatoms. The first-order chi connectivity index (χ1) is 10.2. The predicted molar refractivity (Wildman–Crippen MR) is 77.8 cm³/mol. The summed E-state index contributed by atoms with van der Waals surface area (Å²) in [7, 11) is 1.36. The molecule has 2 aromatic rings. The molecule has 21 heavy (non-hydrogen) atoms. The molecule has 2 aromatic carbocycles. The van der Waals surface area contributed by atoms with Gasteiger partial charge >= 0.3 is 5.97 Å². The first-order valence-electron chi connectivity index (χ1n) is 6.75. The van der Waals surface area contributed by atoms with Crippen LogP contribution < -0.4 is 5.32 Å². The van der Waals surface area contributed by atoms with E-state index >= 15 is 0 Å². The molecule has 4 nitrogen and oxygen atoms in total. The Morgan fingerprint density at radius 1 is 1.05 bits per heavy atom. The van der Waals surface area contributed by atoms with Crippen molar-refractivity contribution in [2.45, 2.75) is 12.0 Å². The molecule has 106 valence electrons. The minimum Gasteiger partial charge on any atom is -0.468 e. The lowest BCUT2D eigenvalue weighted by Gasteiger charge is -2.32. The number of amides is 1. The molecule has 1 heterocycles. The van der Waals surface area contributed by atoms with Crippen LogP contribution in [0.5, 0.6) is 0 Å². The van der Waals surface area contributed by atoms with Crippen LogP contribution in [0, 0.1) is 0 Å².